The summed E-state index contributed by atoms with van der Waals surface area (Å²) in [5, 5.41) is 2.38. The Bertz CT molecular complexity index is 12.4. The van der Waals surface area contributed by atoms with Crippen LogP contribution in [0.25, 0.3) is 0 Å². The number of hydrogen-bond acceptors (Lipinski definition) is 0. The van der Waals surface area contributed by atoms with Crippen molar-refractivity contribution in [3.63, 3.8) is 0 Å². The molecule has 0 bridgehead atoms. The predicted molar refractivity (Wildman–Crippen MR) is 25.7 cm³/mol. The molecule has 0 spiro atoms. The Hall–Kier alpha value is 1.04. The molecule has 0 rings (SSSR count). The first-order valence-corrected chi connectivity index (χ1v) is 4.00. The van der Waals surface area contributed by atoms with E-state index in [1.165, 1.54) is 17.1 Å². The predicted octanol–water partition coefficient (Wildman–Crippen LogP) is 0.550. The van der Waals surface area contributed by atoms with E-state index in [0.29, 0.717) is 0 Å². The van der Waals surface area contributed by atoms with Crippen LogP contribution in [-0.2, 0) is 0 Å². The molecule has 0 N–H and O–H groups in total. The van der Waals surface area contributed by atoms with E-state index >= 15 is 0 Å². The van der Waals surface area contributed by atoms with E-state index in [1.807, 2.05) is 0 Å². The summed E-state index contributed by atoms with van der Waals surface area (Å²) in [4.78, 5) is 0. The molecule has 2 radical (unpaired) electrons. The molecule has 5 heavy (non-hydrogen) atoms. The molecule has 0 aliphatic rings. The molecule has 0 aromatic heterocycles. The van der Waals surface area contributed by atoms with Gasteiger partial charge in [-0.3, -0.25) is 0 Å². The zero-order chi connectivity index (χ0) is 4.12. The van der Waals surface area contributed by atoms with Crippen molar-refractivity contribution < 1.29 is 0 Å². The van der Waals surface area contributed by atoms with E-state index in [0.717, 1.165) is 0 Å². The van der Waals surface area contributed by atoms with Crippen LogP contribution in [0, 0.1) is 0 Å². The fourth-order valence-electron chi connectivity index (χ4n) is 0.0589. The topological polar surface area (TPSA) is 0 Å². The van der Waals surface area contributed by atoms with Crippen LogP contribution in [0.15, 0.2) is 0 Å². The van der Waals surface area contributed by atoms with Gasteiger partial charge in [-0.05, 0) is 0 Å². The van der Waals surface area contributed by atoms with Crippen LogP contribution in [0.2, 0.25) is 10.6 Å². The fourth-order valence-corrected chi connectivity index (χ4v) is 1.59. The normalized spacial score (nSPS) is 8.40. The van der Waals surface area contributed by atoms with Gasteiger partial charge in [0.25, 0.3) is 0 Å². The molecule has 0 aliphatic carbocycles. The second-order valence-electron chi connectivity index (χ2n) is 0.762. The van der Waals surface area contributed by atoms with Gasteiger partial charge in [-0.25, -0.2) is 0 Å². The molecule has 30 valence electrons. The van der Waals surface area contributed by atoms with Crippen LogP contribution in [0.4, 0.5) is 0 Å². The third-order valence-corrected chi connectivity index (χ3v) is 1.50. The third-order valence-electron chi connectivity index (χ3n) is 0.289. The Morgan fingerprint density at radius 2 is 1.40 bits per heavy atom. The minimum atomic E-state index is 1.19. The molecule has 0 heterocycles. The molecule has 0 nitrogen and oxygen atoms in total. The van der Waals surface area contributed by atoms with Crippen molar-refractivity contribution in [1.29, 1.82) is 0 Å². The summed E-state index contributed by atoms with van der Waals surface area (Å²) < 4.78 is 0. The van der Waals surface area contributed by atoms with Gasteiger partial charge in [-0.2, -0.15) is 0 Å². The zero-order valence-electron chi connectivity index (χ0n) is 2.94. The number of hydrogen-bond donors (Lipinski definition) is 0. The van der Waals surface area contributed by atoms with Gasteiger partial charge in [0.15, 0.2) is 0 Å². The van der Waals surface area contributed by atoms with E-state index in [1.54, 1.807) is 0 Å². The summed E-state index contributed by atoms with van der Waals surface area (Å²) in [6.45, 7) is 0. The summed E-state index contributed by atoms with van der Waals surface area (Å²) in [7, 11) is 0. The second-order valence-corrected chi connectivity index (χ2v) is 2.47. The fraction of sp³-hybridized carbons (Fsp3) is 1.00. The summed E-state index contributed by atoms with van der Waals surface area (Å²) in [6.07, 6.45) is 1.28. The third kappa shape index (κ3) is 5.04. The van der Waals surface area contributed by atoms with Crippen molar-refractivity contribution in [3.05, 3.63) is 0 Å². The van der Waals surface area contributed by atoms with Crippen molar-refractivity contribution in [2.75, 3.05) is 0 Å². The van der Waals surface area contributed by atoms with Gasteiger partial charge in [0.05, 0.1) is 0 Å². The average molecular weight is 200 g/mol. The van der Waals surface area contributed by atoms with Crippen LogP contribution in [0.5, 0.6) is 0 Å². The molecule has 0 aliphatic heterocycles. The number of rotatable bonds is 2. The van der Waals surface area contributed by atoms with Crippen LogP contribution < -0.4 is 0 Å². The Balaban J connectivity index is 2.19. The molecular formula is C3H6Se2. The van der Waals surface area contributed by atoms with Gasteiger partial charge in [0.2, 0.25) is 0 Å². The quantitative estimate of drug-likeness (QED) is 0.571. The van der Waals surface area contributed by atoms with Gasteiger partial charge >= 0.3 is 49.1 Å². The molecular weight excluding hydrogens is 194 g/mol. The standard InChI is InChI=1S/C3H6Se2/c4-2-1-3-5/h1-3H2. The summed E-state index contributed by atoms with van der Waals surface area (Å²) in [6, 6.07) is 0. The maximum atomic E-state index is 2.92. The Morgan fingerprint density at radius 3 is 1.40 bits per heavy atom. The van der Waals surface area contributed by atoms with Gasteiger partial charge in [0, 0.05) is 0 Å². The van der Waals surface area contributed by atoms with Gasteiger partial charge in [-0.1, -0.05) is 0 Å². The molecule has 0 aromatic rings. The van der Waals surface area contributed by atoms with Crippen molar-refractivity contribution >= 4 is 32.0 Å². The maximum absolute atomic E-state index is 2.92. The van der Waals surface area contributed by atoms with Crippen LogP contribution in [0.1, 0.15) is 6.42 Å². The summed E-state index contributed by atoms with van der Waals surface area (Å²) >= 11 is 5.85. The Kier molecular flexibility index (Phi) is 6.09. The first-order valence-electron chi connectivity index (χ1n) is 1.58. The monoisotopic (exact) mass is 202 g/mol. The summed E-state index contributed by atoms with van der Waals surface area (Å²) in [5.74, 6) is 0. The van der Waals surface area contributed by atoms with Crippen molar-refractivity contribution in [1.82, 2.24) is 0 Å². The van der Waals surface area contributed by atoms with E-state index < -0.39 is 0 Å². The van der Waals surface area contributed by atoms with Crippen molar-refractivity contribution in [2.45, 2.75) is 17.1 Å². The van der Waals surface area contributed by atoms with E-state index in [-0.39, 0.29) is 0 Å². The van der Waals surface area contributed by atoms with Crippen LogP contribution in [-0.4, -0.2) is 32.0 Å². The molecule has 0 saturated heterocycles. The second kappa shape index (κ2) is 5.04. The molecule has 0 amide bonds. The van der Waals surface area contributed by atoms with E-state index in [2.05, 4.69) is 32.0 Å². The van der Waals surface area contributed by atoms with Gasteiger partial charge in [-0.15, -0.1) is 0 Å². The van der Waals surface area contributed by atoms with Crippen LogP contribution in [0.3, 0.4) is 0 Å². The van der Waals surface area contributed by atoms with Gasteiger partial charge < -0.3 is 0 Å². The minimum absolute atomic E-state index is 1.19. The van der Waals surface area contributed by atoms with Crippen LogP contribution >= 0.6 is 0 Å². The molecule has 0 saturated carbocycles. The van der Waals surface area contributed by atoms with Gasteiger partial charge in [0.1, 0.15) is 0 Å². The first kappa shape index (κ1) is 6.04. The first-order chi connectivity index (χ1) is 2.41. The molecule has 2 heteroatoms. The zero-order valence-corrected chi connectivity index (χ0v) is 6.36. The van der Waals surface area contributed by atoms with E-state index in [9.17, 15) is 0 Å². The van der Waals surface area contributed by atoms with E-state index in [4.69, 9.17) is 0 Å². The molecule has 0 fully saturated rings. The Morgan fingerprint density at radius 1 is 1.00 bits per heavy atom. The average Bonchev–Trinajstić information content (AvgIpc) is 1.41. The molecule has 0 aromatic carbocycles. The van der Waals surface area contributed by atoms with Crippen molar-refractivity contribution in [3.8, 4) is 0 Å². The SMILES string of the molecule is [Se]CCC[Se]. The summed E-state index contributed by atoms with van der Waals surface area (Å²) in [5.41, 5.74) is 0. The molecule has 0 atom stereocenters. The Labute approximate surface area is 49.3 Å². The van der Waals surface area contributed by atoms with Crippen molar-refractivity contribution in [2.24, 2.45) is 0 Å². The molecule has 0 unspecified atom stereocenters.